The summed E-state index contributed by atoms with van der Waals surface area (Å²) >= 11 is 0. The molecule has 0 spiro atoms. The number of hydrogen-bond acceptors (Lipinski definition) is 4. The Kier molecular flexibility index (Phi) is 6.17. The molecule has 1 N–H and O–H groups in total. The normalized spacial score (nSPS) is 24.5. The first-order chi connectivity index (χ1) is 12.6. The minimum Gasteiger partial charge on any atom is -0.396 e. The molecule has 2 aliphatic rings. The van der Waals surface area contributed by atoms with E-state index in [-0.39, 0.29) is 17.9 Å². The van der Waals surface area contributed by atoms with Crippen LogP contribution in [-0.2, 0) is 0 Å². The molecule has 5 heteroatoms. The average Bonchev–Trinajstić information content (AvgIpc) is 2.73. The summed E-state index contributed by atoms with van der Waals surface area (Å²) in [6.45, 7) is 4.19. The predicted molar refractivity (Wildman–Crippen MR) is 104 cm³/mol. The Bertz CT molecular complexity index is 609. The van der Waals surface area contributed by atoms with Crippen molar-refractivity contribution in [3.05, 3.63) is 24.0 Å². The second kappa shape index (κ2) is 8.38. The monoisotopic (exact) mass is 359 g/mol. The molecular weight excluding hydrogens is 326 g/mol. The number of anilines is 1. The molecule has 2 fully saturated rings. The third-order valence-electron chi connectivity index (χ3n) is 6.52. The average molecular weight is 360 g/mol. The fraction of sp³-hybridized carbons (Fsp3) is 0.714. The smallest absolute Gasteiger partial charge is 0.272 e. The lowest BCUT2D eigenvalue weighted by Gasteiger charge is -2.42. The fourth-order valence-electron chi connectivity index (χ4n) is 4.51. The van der Waals surface area contributed by atoms with Gasteiger partial charge in [0.05, 0.1) is 6.61 Å². The maximum absolute atomic E-state index is 12.9. The second-order valence-electron chi connectivity index (χ2n) is 8.14. The largest absolute Gasteiger partial charge is 0.396 e. The van der Waals surface area contributed by atoms with Gasteiger partial charge in [0, 0.05) is 43.5 Å². The van der Waals surface area contributed by atoms with Gasteiger partial charge in [0.2, 0.25) is 0 Å². The predicted octanol–water partition coefficient (Wildman–Crippen LogP) is 3.48. The lowest BCUT2D eigenvalue weighted by molar-refractivity contribution is 0.0690. The molecule has 1 saturated heterocycles. The molecule has 1 aromatic heterocycles. The molecule has 5 nitrogen and oxygen atoms in total. The minimum absolute atomic E-state index is 0.0232. The van der Waals surface area contributed by atoms with Gasteiger partial charge in [0.15, 0.2) is 0 Å². The first-order valence-corrected chi connectivity index (χ1v) is 10.2. The Hall–Kier alpha value is -1.62. The number of aromatic nitrogens is 1. The Morgan fingerprint density at radius 1 is 1.35 bits per heavy atom. The zero-order valence-electron chi connectivity index (χ0n) is 16.3. The van der Waals surface area contributed by atoms with E-state index < -0.39 is 0 Å². The van der Waals surface area contributed by atoms with Crippen LogP contribution in [0.5, 0.6) is 0 Å². The highest BCUT2D eigenvalue weighted by Gasteiger charge is 2.33. The van der Waals surface area contributed by atoms with Gasteiger partial charge < -0.3 is 14.9 Å². The van der Waals surface area contributed by atoms with Gasteiger partial charge in [-0.2, -0.15) is 0 Å². The molecule has 1 aliphatic heterocycles. The van der Waals surface area contributed by atoms with Crippen LogP contribution in [0, 0.1) is 5.41 Å². The quantitative estimate of drug-likeness (QED) is 0.874. The van der Waals surface area contributed by atoms with Crippen molar-refractivity contribution in [3.8, 4) is 0 Å². The van der Waals surface area contributed by atoms with Crippen molar-refractivity contribution in [1.29, 1.82) is 0 Å². The number of amides is 1. The second-order valence-corrected chi connectivity index (χ2v) is 8.14. The van der Waals surface area contributed by atoms with Gasteiger partial charge >= 0.3 is 0 Å². The summed E-state index contributed by atoms with van der Waals surface area (Å²) in [6, 6.07) is 4.27. The third kappa shape index (κ3) is 4.03. The van der Waals surface area contributed by atoms with Crippen LogP contribution in [0.4, 0.5) is 5.69 Å². The zero-order valence-corrected chi connectivity index (χ0v) is 16.3. The first kappa shape index (κ1) is 19.2. The van der Waals surface area contributed by atoms with Gasteiger partial charge in [-0.05, 0) is 44.2 Å². The Morgan fingerprint density at radius 2 is 2.12 bits per heavy atom. The van der Waals surface area contributed by atoms with E-state index in [0.717, 1.165) is 50.9 Å². The number of carbonyl (C=O) groups excluding carboxylic acids is 1. The SMILES string of the molecule is CCC1(CO)CCCN(c2ccnc(C(=O)N(C)C3CCCCC3)c2)C1. The van der Waals surface area contributed by atoms with Gasteiger partial charge in [-0.25, -0.2) is 0 Å². The van der Waals surface area contributed by atoms with Gasteiger partial charge in [-0.15, -0.1) is 0 Å². The van der Waals surface area contributed by atoms with Crippen molar-refractivity contribution < 1.29 is 9.90 Å². The van der Waals surface area contributed by atoms with Crippen LogP contribution in [0.1, 0.15) is 68.8 Å². The lowest BCUT2D eigenvalue weighted by atomic mass is 9.78. The summed E-state index contributed by atoms with van der Waals surface area (Å²) in [5.74, 6) is 0.0275. The fourth-order valence-corrected chi connectivity index (χ4v) is 4.51. The molecule has 1 unspecified atom stereocenters. The number of carbonyl (C=O) groups is 1. The number of pyridine rings is 1. The van der Waals surface area contributed by atoms with Crippen LogP contribution in [0.15, 0.2) is 18.3 Å². The summed E-state index contributed by atoms with van der Waals surface area (Å²) in [7, 11) is 1.92. The highest BCUT2D eigenvalue weighted by molar-refractivity contribution is 5.93. The molecule has 1 amide bonds. The summed E-state index contributed by atoms with van der Waals surface area (Å²) in [5.41, 5.74) is 1.56. The van der Waals surface area contributed by atoms with Gasteiger partial charge in [-0.1, -0.05) is 26.2 Å². The van der Waals surface area contributed by atoms with E-state index in [0.29, 0.717) is 11.7 Å². The number of piperidine rings is 1. The standard InChI is InChI=1S/C21H33N3O2/c1-3-21(16-25)11-7-13-24(15-21)18-10-12-22-19(14-18)20(26)23(2)17-8-5-4-6-9-17/h10,12,14,17,25H,3-9,11,13,15-16H2,1-2H3. The molecule has 1 saturated carbocycles. The van der Waals surface area contributed by atoms with E-state index in [1.54, 1.807) is 6.20 Å². The Balaban J connectivity index is 1.74. The molecule has 0 aromatic carbocycles. The van der Waals surface area contributed by atoms with Crippen LogP contribution < -0.4 is 4.90 Å². The molecule has 1 atom stereocenters. The van der Waals surface area contributed by atoms with Crippen LogP contribution in [-0.4, -0.2) is 53.7 Å². The maximum Gasteiger partial charge on any atom is 0.272 e. The van der Waals surface area contributed by atoms with Crippen molar-refractivity contribution in [2.75, 3.05) is 31.6 Å². The number of aliphatic hydroxyl groups is 1. The van der Waals surface area contributed by atoms with E-state index in [4.69, 9.17) is 0 Å². The van der Waals surface area contributed by atoms with E-state index in [1.165, 1.54) is 19.3 Å². The van der Waals surface area contributed by atoms with E-state index in [9.17, 15) is 9.90 Å². The first-order valence-electron chi connectivity index (χ1n) is 10.2. The topological polar surface area (TPSA) is 56.7 Å². The van der Waals surface area contributed by atoms with Gasteiger partial charge in [0.1, 0.15) is 5.69 Å². The van der Waals surface area contributed by atoms with Crippen LogP contribution in [0.2, 0.25) is 0 Å². The van der Waals surface area contributed by atoms with E-state index >= 15 is 0 Å². The maximum atomic E-state index is 12.9. The van der Waals surface area contributed by atoms with Crippen molar-refractivity contribution in [2.45, 2.75) is 64.3 Å². The molecule has 3 rings (SSSR count). The lowest BCUT2D eigenvalue weighted by Crippen LogP contribution is -2.45. The zero-order chi connectivity index (χ0) is 18.6. The Morgan fingerprint density at radius 3 is 2.81 bits per heavy atom. The number of aliphatic hydroxyl groups excluding tert-OH is 1. The molecule has 1 aromatic rings. The van der Waals surface area contributed by atoms with Crippen LogP contribution in [0.3, 0.4) is 0 Å². The number of hydrogen-bond donors (Lipinski definition) is 1. The minimum atomic E-state index is -0.0232. The molecular formula is C21H33N3O2. The van der Waals surface area contributed by atoms with Crippen molar-refractivity contribution >= 4 is 11.6 Å². The molecule has 0 radical (unpaired) electrons. The number of nitrogens with zero attached hydrogens (tertiary/aromatic N) is 3. The molecule has 144 valence electrons. The summed E-state index contributed by atoms with van der Waals surface area (Å²) in [4.78, 5) is 21.5. The summed E-state index contributed by atoms with van der Waals surface area (Å²) in [5, 5.41) is 9.87. The highest BCUT2D eigenvalue weighted by atomic mass is 16.3. The Labute approximate surface area is 157 Å². The van der Waals surface area contributed by atoms with Crippen molar-refractivity contribution in [2.24, 2.45) is 5.41 Å². The van der Waals surface area contributed by atoms with E-state index in [1.807, 2.05) is 24.1 Å². The molecule has 2 heterocycles. The van der Waals surface area contributed by atoms with Gasteiger partial charge in [0.25, 0.3) is 5.91 Å². The molecule has 26 heavy (non-hydrogen) atoms. The molecule has 0 bridgehead atoms. The number of rotatable bonds is 5. The van der Waals surface area contributed by atoms with Crippen molar-refractivity contribution in [1.82, 2.24) is 9.88 Å². The summed E-state index contributed by atoms with van der Waals surface area (Å²) in [6.07, 6.45) is 10.8. The van der Waals surface area contributed by atoms with Gasteiger partial charge in [-0.3, -0.25) is 9.78 Å². The van der Waals surface area contributed by atoms with Crippen LogP contribution >= 0.6 is 0 Å². The van der Waals surface area contributed by atoms with E-state index in [2.05, 4.69) is 16.8 Å². The third-order valence-corrected chi connectivity index (χ3v) is 6.52. The van der Waals surface area contributed by atoms with Crippen LogP contribution in [0.25, 0.3) is 0 Å². The highest BCUT2D eigenvalue weighted by Crippen LogP contribution is 2.35. The van der Waals surface area contributed by atoms with Crippen molar-refractivity contribution in [3.63, 3.8) is 0 Å². The molecule has 1 aliphatic carbocycles. The summed E-state index contributed by atoms with van der Waals surface area (Å²) < 4.78 is 0.